The molecule has 72 valence electrons. The van der Waals surface area contributed by atoms with E-state index < -0.39 is 0 Å². The van der Waals surface area contributed by atoms with Crippen LogP contribution < -0.4 is 0 Å². The minimum Gasteiger partial charge on any atom is -0.241 e. The number of hydrogen-bond donors (Lipinski definition) is 0. The number of aromatic nitrogens is 2. The Morgan fingerprint density at radius 2 is 2.00 bits per heavy atom. The predicted octanol–water partition coefficient (Wildman–Crippen LogP) is 3.20. The van der Waals surface area contributed by atoms with E-state index in [1.54, 1.807) is 0 Å². The Morgan fingerprint density at radius 3 is 2.57 bits per heavy atom. The summed E-state index contributed by atoms with van der Waals surface area (Å²) in [6, 6.07) is 8.11. The van der Waals surface area contributed by atoms with E-state index in [4.69, 9.17) is 0 Å². The fraction of sp³-hybridized carbons (Fsp3) is 0.182. The van der Waals surface area contributed by atoms with Gasteiger partial charge in [-0.25, -0.2) is 4.68 Å². The summed E-state index contributed by atoms with van der Waals surface area (Å²) in [4.78, 5) is 0. The van der Waals surface area contributed by atoms with Gasteiger partial charge in [0, 0.05) is 10.7 Å². The lowest BCUT2D eigenvalue weighted by atomic mass is 10.3. The Kier molecular flexibility index (Phi) is 2.68. The molecule has 0 N–H and O–H groups in total. The van der Waals surface area contributed by atoms with Crippen LogP contribution in [0.2, 0.25) is 0 Å². The van der Waals surface area contributed by atoms with Crippen LogP contribution in [0, 0.1) is 0 Å². The summed E-state index contributed by atoms with van der Waals surface area (Å²) in [7, 11) is 0. The summed E-state index contributed by atoms with van der Waals surface area (Å²) in [5.41, 5.74) is 2.35. The van der Waals surface area contributed by atoms with Crippen molar-refractivity contribution in [3.8, 4) is 5.69 Å². The summed E-state index contributed by atoms with van der Waals surface area (Å²) in [6.45, 7) is 2.13. The minimum absolute atomic E-state index is 1.02. The molecular formula is C11H11BrN2. The second kappa shape index (κ2) is 3.96. The molecule has 3 heteroatoms. The highest BCUT2D eigenvalue weighted by Crippen LogP contribution is 2.13. The average Bonchev–Trinajstić information content (AvgIpc) is 2.67. The molecule has 0 fully saturated rings. The molecular weight excluding hydrogens is 240 g/mol. The predicted molar refractivity (Wildman–Crippen MR) is 60.6 cm³/mol. The van der Waals surface area contributed by atoms with Gasteiger partial charge in [-0.15, -0.1) is 0 Å². The maximum absolute atomic E-state index is 4.29. The first kappa shape index (κ1) is 9.46. The lowest BCUT2D eigenvalue weighted by Crippen LogP contribution is -1.92. The summed E-state index contributed by atoms with van der Waals surface area (Å²) < 4.78 is 2.98. The summed E-state index contributed by atoms with van der Waals surface area (Å²) >= 11 is 3.41. The highest BCUT2D eigenvalue weighted by atomic mass is 79.9. The Labute approximate surface area is 91.7 Å². The maximum atomic E-state index is 4.29. The molecule has 2 aromatic rings. The number of benzene rings is 1. The van der Waals surface area contributed by atoms with Gasteiger partial charge in [0.2, 0.25) is 0 Å². The smallest absolute Gasteiger partial charge is 0.0646 e. The van der Waals surface area contributed by atoms with Crippen LogP contribution in [0.25, 0.3) is 5.69 Å². The molecule has 14 heavy (non-hydrogen) atoms. The van der Waals surface area contributed by atoms with Crippen molar-refractivity contribution < 1.29 is 0 Å². The number of aryl methyl sites for hydroxylation is 1. The fourth-order valence-corrected chi connectivity index (χ4v) is 1.54. The van der Waals surface area contributed by atoms with Crippen LogP contribution in [0.3, 0.4) is 0 Å². The number of rotatable bonds is 2. The molecule has 2 nitrogen and oxygen atoms in total. The van der Waals surface area contributed by atoms with Crippen molar-refractivity contribution in [1.29, 1.82) is 0 Å². The Hall–Kier alpha value is -1.09. The molecule has 0 unspecified atom stereocenters. The third kappa shape index (κ3) is 1.87. The van der Waals surface area contributed by atoms with Crippen molar-refractivity contribution >= 4 is 15.9 Å². The molecule has 0 aliphatic heterocycles. The van der Waals surface area contributed by atoms with Crippen LogP contribution in [0.15, 0.2) is 41.1 Å². The first-order valence-electron chi connectivity index (χ1n) is 4.59. The zero-order valence-corrected chi connectivity index (χ0v) is 9.53. The SMILES string of the molecule is CCc1cnn(-c2ccc(Br)cc2)c1. The van der Waals surface area contributed by atoms with Crippen LogP contribution in [0.5, 0.6) is 0 Å². The fourth-order valence-electron chi connectivity index (χ4n) is 1.28. The molecule has 1 heterocycles. The van der Waals surface area contributed by atoms with E-state index in [1.807, 2.05) is 35.1 Å². The Morgan fingerprint density at radius 1 is 1.29 bits per heavy atom. The van der Waals surface area contributed by atoms with E-state index in [9.17, 15) is 0 Å². The van der Waals surface area contributed by atoms with Crippen LogP contribution in [0.1, 0.15) is 12.5 Å². The molecule has 0 spiro atoms. The molecule has 0 atom stereocenters. The first-order chi connectivity index (χ1) is 6.79. The monoisotopic (exact) mass is 250 g/mol. The standard InChI is InChI=1S/C11H11BrN2/c1-2-9-7-13-14(8-9)11-5-3-10(12)4-6-11/h3-8H,2H2,1H3. The molecule has 0 radical (unpaired) electrons. The van der Waals surface area contributed by atoms with Crippen molar-refractivity contribution in [2.75, 3.05) is 0 Å². The second-order valence-corrected chi connectivity index (χ2v) is 4.04. The average molecular weight is 251 g/mol. The van der Waals surface area contributed by atoms with E-state index in [0.29, 0.717) is 0 Å². The highest BCUT2D eigenvalue weighted by molar-refractivity contribution is 9.10. The van der Waals surface area contributed by atoms with Crippen LogP contribution >= 0.6 is 15.9 Å². The summed E-state index contributed by atoms with van der Waals surface area (Å²) in [5.74, 6) is 0. The molecule has 0 saturated carbocycles. The summed E-state index contributed by atoms with van der Waals surface area (Å²) in [6.07, 6.45) is 4.99. The van der Waals surface area contributed by atoms with E-state index in [0.717, 1.165) is 16.6 Å². The van der Waals surface area contributed by atoms with Gasteiger partial charge in [0.25, 0.3) is 0 Å². The molecule has 1 aromatic heterocycles. The maximum Gasteiger partial charge on any atom is 0.0646 e. The van der Waals surface area contributed by atoms with Gasteiger partial charge >= 0.3 is 0 Å². The zero-order valence-electron chi connectivity index (χ0n) is 7.94. The number of hydrogen-bond acceptors (Lipinski definition) is 1. The van der Waals surface area contributed by atoms with E-state index >= 15 is 0 Å². The second-order valence-electron chi connectivity index (χ2n) is 3.12. The molecule has 0 aliphatic carbocycles. The Balaban J connectivity index is 2.34. The zero-order chi connectivity index (χ0) is 9.97. The van der Waals surface area contributed by atoms with Crippen LogP contribution in [-0.4, -0.2) is 9.78 Å². The number of nitrogens with zero attached hydrogens (tertiary/aromatic N) is 2. The molecule has 2 rings (SSSR count). The van der Waals surface area contributed by atoms with Crippen molar-refractivity contribution in [3.63, 3.8) is 0 Å². The lowest BCUT2D eigenvalue weighted by Gasteiger charge is -2.00. The van der Waals surface area contributed by atoms with Crippen molar-refractivity contribution in [2.24, 2.45) is 0 Å². The number of halogens is 1. The molecule has 0 saturated heterocycles. The van der Waals surface area contributed by atoms with Crippen molar-refractivity contribution in [1.82, 2.24) is 9.78 Å². The van der Waals surface area contributed by atoms with E-state index in [-0.39, 0.29) is 0 Å². The third-order valence-electron chi connectivity index (χ3n) is 2.14. The first-order valence-corrected chi connectivity index (χ1v) is 5.38. The van der Waals surface area contributed by atoms with Gasteiger partial charge in [-0.2, -0.15) is 5.10 Å². The van der Waals surface area contributed by atoms with E-state index in [2.05, 4.69) is 34.1 Å². The van der Waals surface area contributed by atoms with Gasteiger partial charge in [0.1, 0.15) is 0 Å². The van der Waals surface area contributed by atoms with Gasteiger partial charge < -0.3 is 0 Å². The Bertz CT molecular complexity index is 417. The largest absolute Gasteiger partial charge is 0.241 e. The van der Waals surface area contributed by atoms with Crippen molar-refractivity contribution in [2.45, 2.75) is 13.3 Å². The highest BCUT2D eigenvalue weighted by Gasteiger charge is 1.98. The topological polar surface area (TPSA) is 17.8 Å². The van der Waals surface area contributed by atoms with Crippen LogP contribution in [-0.2, 0) is 6.42 Å². The molecule has 0 amide bonds. The van der Waals surface area contributed by atoms with Crippen molar-refractivity contribution in [3.05, 3.63) is 46.7 Å². The molecule has 0 aliphatic rings. The van der Waals surface area contributed by atoms with E-state index in [1.165, 1.54) is 5.56 Å². The third-order valence-corrected chi connectivity index (χ3v) is 2.66. The lowest BCUT2D eigenvalue weighted by molar-refractivity contribution is 0.879. The summed E-state index contributed by atoms with van der Waals surface area (Å²) in [5, 5.41) is 4.29. The van der Waals surface area contributed by atoms with Gasteiger partial charge in [0.15, 0.2) is 0 Å². The van der Waals surface area contributed by atoms with Gasteiger partial charge in [-0.05, 0) is 36.2 Å². The molecule has 1 aromatic carbocycles. The quantitative estimate of drug-likeness (QED) is 0.801. The molecule has 0 bridgehead atoms. The van der Waals surface area contributed by atoms with Crippen LogP contribution in [0.4, 0.5) is 0 Å². The van der Waals surface area contributed by atoms with Gasteiger partial charge in [0.05, 0.1) is 11.9 Å². The van der Waals surface area contributed by atoms with Gasteiger partial charge in [-0.3, -0.25) is 0 Å². The minimum atomic E-state index is 1.02. The normalized spacial score (nSPS) is 10.4. The van der Waals surface area contributed by atoms with Gasteiger partial charge in [-0.1, -0.05) is 22.9 Å².